The topological polar surface area (TPSA) is 44.6 Å². The van der Waals surface area contributed by atoms with Gasteiger partial charge >= 0.3 is 0 Å². The number of likely N-dealkylation sites (tertiary alicyclic amines) is 1. The zero-order chi connectivity index (χ0) is 20.9. The van der Waals surface area contributed by atoms with Crippen LogP contribution >= 0.6 is 0 Å². The Balaban J connectivity index is 1.36. The van der Waals surface area contributed by atoms with Crippen molar-refractivity contribution in [3.05, 3.63) is 54.1 Å². The summed E-state index contributed by atoms with van der Waals surface area (Å²) < 4.78 is 2.11. The van der Waals surface area contributed by atoms with Gasteiger partial charge in [-0.25, -0.2) is 4.98 Å². The fourth-order valence-electron chi connectivity index (χ4n) is 4.92. The van der Waals surface area contributed by atoms with Gasteiger partial charge in [0.15, 0.2) is 0 Å². The molecule has 3 heterocycles. The first-order valence-electron chi connectivity index (χ1n) is 11.4. The Morgan fingerprint density at radius 3 is 2.53 bits per heavy atom. The third kappa shape index (κ3) is 4.76. The Kier molecular flexibility index (Phi) is 6.85. The molecule has 4 rings (SSSR count). The summed E-state index contributed by atoms with van der Waals surface area (Å²) in [5.41, 5.74) is 1.26. The molecule has 0 spiro atoms. The molecule has 2 aromatic rings. The maximum atomic E-state index is 12.8. The lowest BCUT2D eigenvalue weighted by Crippen LogP contribution is -2.50. The molecule has 0 saturated carbocycles. The van der Waals surface area contributed by atoms with Gasteiger partial charge in [-0.3, -0.25) is 9.69 Å². The van der Waals surface area contributed by atoms with Crippen LogP contribution in [0.1, 0.15) is 50.0 Å². The van der Waals surface area contributed by atoms with Crippen LogP contribution in [-0.4, -0.2) is 75.5 Å². The van der Waals surface area contributed by atoms with Crippen molar-refractivity contribution in [2.75, 3.05) is 39.3 Å². The first kappa shape index (κ1) is 21.1. The highest BCUT2D eigenvalue weighted by atomic mass is 16.2. The molecule has 2 aliphatic heterocycles. The highest BCUT2D eigenvalue weighted by molar-refractivity contribution is 5.76. The van der Waals surface area contributed by atoms with E-state index in [0.717, 1.165) is 45.1 Å². The summed E-state index contributed by atoms with van der Waals surface area (Å²) in [6.07, 6.45) is 8.38. The molecule has 1 amide bonds. The lowest BCUT2D eigenvalue weighted by atomic mass is 10.0. The average molecular weight is 410 g/mol. The van der Waals surface area contributed by atoms with E-state index in [1.807, 2.05) is 12.4 Å². The monoisotopic (exact) mass is 409 g/mol. The predicted molar refractivity (Wildman–Crippen MR) is 119 cm³/mol. The lowest BCUT2D eigenvalue weighted by molar-refractivity contribution is -0.133. The lowest BCUT2D eigenvalue weighted by Gasteiger charge is -2.39. The molecule has 1 aromatic heterocycles. The van der Waals surface area contributed by atoms with Gasteiger partial charge in [0.1, 0.15) is 5.82 Å². The molecule has 0 aliphatic carbocycles. The van der Waals surface area contributed by atoms with Crippen LogP contribution in [-0.2, 0) is 11.8 Å². The molecule has 162 valence electrons. The third-order valence-electron chi connectivity index (χ3n) is 6.80. The molecule has 6 nitrogen and oxygen atoms in total. The van der Waals surface area contributed by atoms with Crippen molar-refractivity contribution in [3.8, 4) is 0 Å². The number of nitrogens with zero attached hydrogens (tertiary/aromatic N) is 5. The van der Waals surface area contributed by atoms with E-state index in [9.17, 15) is 4.79 Å². The number of imidazole rings is 1. The molecule has 0 N–H and O–H groups in total. The summed E-state index contributed by atoms with van der Waals surface area (Å²) in [6.45, 7) is 7.68. The summed E-state index contributed by atoms with van der Waals surface area (Å²) in [5.74, 6) is 1.36. The number of piperazine rings is 1. The number of benzene rings is 1. The van der Waals surface area contributed by atoms with E-state index in [0.29, 0.717) is 18.4 Å². The Morgan fingerprint density at radius 1 is 1.10 bits per heavy atom. The van der Waals surface area contributed by atoms with Crippen molar-refractivity contribution >= 4 is 5.91 Å². The van der Waals surface area contributed by atoms with Crippen molar-refractivity contribution in [1.82, 2.24) is 24.3 Å². The molecule has 0 radical (unpaired) electrons. The molecule has 0 bridgehead atoms. The van der Waals surface area contributed by atoms with E-state index < -0.39 is 0 Å². The zero-order valence-electron chi connectivity index (χ0n) is 18.4. The minimum Gasteiger partial charge on any atom is -0.340 e. The molecule has 2 fully saturated rings. The van der Waals surface area contributed by atoms with E-state index in [-0.39, 0.29) is 6.04 Å². The van der Waals surface area contributed by atoms with Gasteiger partial charge in [0.2, 0.25) is 5.91 Å². The number of carbonyl (C=O) groups is 1. The van der Waals surface area contributed by atoms with Gasteiger partial charge in [0.05, 0.1) is 6.04 Å². The van der Waals surface area contributed by atoms with E-state index in [4.69, 9.17) is 0 Å². The van der Waals surface area contributed by atoms with Crippen LogP contribution < -0.4 is 0 Å². The largest absolute Gasteiger partial charge is 0.340 e. The number of aromatic nitrogens is 2. The maximum absolute atomic E-state index is 12.8. The summed E-state index contributed by atoms with van der Waals surface area (Å²) in [6, 6.07) is 11.3. The number of hydrogen-bond acceptors (Lipinski definition) is 4. The number of amides is 1. The van der Waals surface area contributed by atoms with E-state index >= 15 is 0 Å². The Hall–Kier alpha value is -2.18. The van der Waals surface area contributed by atoms with E-state index in [2.05, 4.69) is 68.6 Å². The molecule has 2 saturated heterocycles. The van der Waals surface area contributed by atoms with Gasteiger partial charge in [0.25, 0.3) is 0 Å². The van der Waals surface area contributed by atoms with Crippen LogP contribution in [0.5, 0.6) is 0 Å². The summed E-state index contributed by atoms with van der Waals surface area (Å²) in [5, 5.41) is 0. The van der Waals surface area contributed by atoms with Crippen molar-refractivity contribution in [2.45, 2.75) is 44.7 Å². The van der Waals surface area contributed by atoms with Crippen LogP contribution in [0.4, 0.5) is 0 Å². The van der Waals surface area contributed by atoms with E-state index in [1.54, 1.807) is 0 Å². The van der Waals surface area contributed by atoms with Gasteiger partial charge in [-0.2, -0.15) is 0 Å². The van der Waals surface area contributed by atoms with Crippen molar-refractivity contribution in [1.29, 1.82) is 0 Å². The Labute approximate surface area is 180 Å². The number of rotatable bonds is 6. The number of hydrogen-bond donors (Lipinski definition) is 0. The second kappa shape index (κ2) is 9.75. The standard InChI is InChI=1S/C24H35N5O/c1-20-8-6-7-13-27(20)14-11-22(30)28-16-18-29(19-17-28)23(21-9-4-3-5-10-21)24-25-12-15-26(24)2/h3-5,9-10,12,15,20,23H,6-8,11,13-14,16-19H2,1-2H3/t20-,23-/m1/s1. The molecule has 2 atom stereocenters. The van der Waals surface area contributed by atoms with Gasteiger partial charge in [-0.05, 0) is 31.9 Å². The minimum atomic E-state index is 0.123. The zero-order valence-corrected chi connectivity index (χ0v) is 18.4. The summed E-state index contributed by atoms with van der Waals surface area (Å²) >= 11 is 0. The van der Waals surface area contributed by atoms with Gasteiger partial charge < -0.3 is 14.4 Å². The third-order valence-corrected chi connectivity index (χ3v) is 6.80. The number of piperidine rings is 1. The van der Waals surface area contributed by atoms with Gasteiger partial charge in [0, 0.05) is 64.6 Å². The van der Waals surface area contributed by atoms with Crippen LogP contribution in [0, 0.1) is 0 Å². The maximum Gasteiger partial charge on any atom is 0.223 e. The fourth-order valence-corrected chi connectivity index (χ4v) is 4.92. The quantitative estimate of drug-likeness (QED) is 0.736. The van der Waals surface area contributed by atoms with Gasteiger partial charge in [-0.15, -0.1) is 0 Å². The van der Waals surface area contributed by atoms with Crippen LogP contribution in [0.15, 0.2) is 42.7 Å². The van der Waals surface area contributed by atoms with E-state index in [1.165, 1.54) is 24.8 Å². The normalized spacial score (nSPS) is 22.2. The summed E-state index contributed by atoms with van der Waals surface area (Å²) in [7, 11) is 2.06. The molecule has 6 heteroatoms. The average Bonchev–Trinajstić information content (AvgIpc) is 3.20. The summed E-state index contributed by atoms with van der Waals surface area (Å²) in [4.78, 5) is 24.5. The predicted octanol–water partition coefficient (Wildman–Crippen LogP) is 2.92. The molecule has 2 aliphatic rings. The van der Waals surface area contributed by atoms with Crippen molar-refractivity contribution in [3.63, 3.8) is 0 Å². The smallest absolute Gasteiger partial charge is 0.223 e. The Morgan fingerprint density at radius 2 is 1.87 bits per heavy atom. The van der Waals surface area contributed by atoms with Gasteiger partial charge in [-0.1, -0.05) is 36.8 Å². The van der Waals surface area contributed by atoms with Crippen LogP contribution in [0.25, 0.3) is 0 Å². The first-order chi connectivity index (χ1) is 14.6. The Bertz CT molecular complexity index is 812. The highest BCUT2D eigenvalue weighted by Gasteiger charge is 2.30. The minimum absolute atomic E-state index is 0.123. The van der Waals surface area contributed by atoms with Crippen LogP contribution in [0.2, 0.25) is 0 Å². The molecular weight excluding hydrogens is 374 g/mol. The number of carbonyl (C=O) groups excluding carboxylic acids is 1. The first-order valence-corrected chi connectivity index (χ1v) is 11.4. The fraction of sp³-hybridized carbons (Fsp3) is 0.583. The van der Waals surface area contributed by atoms with Crippen molar-refractivity contribution < 1.29 is 4.79 Å². The molecular formula is C24H35N5O. The molecule has 30 heavy (non-hydrogen) atoms. The molecule has 1 aromatic carbocycles. The van der Waals surface area contributed by atoms with Crippen molar-refractivity contribution in [2.24, 2.45) is 7.05 Å². The highest BCUT2D eigenvalue weighted by Crippen LogP contribution is 2.28. The second-order valence-electron chi connectivity index (χ2n) is 8.76. The number of aryl methyl sites for hydroxylation is 1. The second-order valence-corrected chi connectivity index (χ2v) is 8.76. The molecule has 0 unspecified atom stereocenters. The van der Waals surface area contributed by atoms with Crippen LogP contribution in [0.3, 0.4) is 0 Å². The SMILES string of the molecule is C[C@@H]1CCCCN1CCC(=O)N1CCN([C@H](c2ccccc2)c2nccn2C)CC1.